The molecule has 5 rings (SSSR count). The van der Waals surface area contributed by atoms with Crippen LogP contribution in [0, 0.1) is 5.82 Å². The highest BCUT2D eigenvalue weighted by molar-refractivity contribution is 5.93. The summed E-state index contributed by atoms with van der Waals surface area (Å²) in [6.45, 7) is 3.52. The normalized spacial score (nSPS) is 18.3. The number of hydrogen-bond acceptors (Lipinski definition) is 7. The minimum absolute atomic E-state index is 0.0251. The van der Waals surface area contributed by atoms with Gasteiger partial charge in [-0.15, -0.1) is 5.10 Å². The molecule has 10 heteroatoms. The first-order valence-electron chi connectivity index (χ1n) is 10.9. The third-order valence-electron chi connectivity index (χ3n) is 6.17. The number of ether oxygens (including phenoxy) is 1. The Hall–Kier alpha value is -3.66. The predicted octanol–water partition coefficient (Wildman–Crippen LogP) is 1.79. The monoisotopic (exact) mass is 450 g/mol. The molecule has 2 aliphatic rings. The molecule has 1 aromatic heterocycles. The first-order valence-corrected chi connectivity index (χ1v) is 10.9. The van der Waals surface area contributed by atoms with Crippen molar-refractivity contribution in [3.63, 3.8) is 0 Å². The van der Waals surface area contributed by atoms with Gasteiger partial charge in [0.15, 0.2) is 0 Å². The van der Waals surface area contributed by atoms with Crippen LogP contribution in [0.5, 0.6) is 0 Å². The SMILES string of the molecule is O=C1O[C@@H](CCN2CCN(C(=O)Cc3ccc(-n4cnnn4)c(F)c3)CC2)c2ccccc21. The molecule has 0 N–H and O–H groups in total. The van der Waals surface area contributed by atoms with E-state index in [9.17, 15) is 14.0 Å². The van der Waals surface area contributed by atoms with Gasteiger partial charge in [-0.05, 0) is 34.2 Å². The van der Waals surface area contributed by atoms with Crippen molar-refractivity contribution in [2.75, 3.05) is 32.7 Å². The fourth-order valence-electron chi connectivity index (χ4n) is 4.36. The van der Waals surface area contributed by atoms with E-state index >= 15 is 0 Å². The van der Waals surface area contributed by atoms with E-state index in [1.807, 2.05) is 23.1 Å². The second kappa shape index (κ2) is 9.07. The van der Waals surface area contributed by atoms with Gasteiger partial charge in [-0.1, -0.05) is 24.3 Å². The second-order valence-corrected chi connectivity index (χ2v) is 8.21. The Kier molecular flexibility index (Phi) is 5.82. The van der Waals surface area contributed by atoms with Gasteiger partial charge in [0.2, 0.25) is 5.91 Å². The van der Waals surface area contributed by atoms with Crippen molar-refractivity contribution in [1.29, 1.82) is 0 Å². The topological polar surface area (TPSA) is 93.5 Å². The van der Waals surface area contributed by atoms with Gasteiger partial charge in [0, 0.05) is 44.7 Å². The average Bonchev–Trinajstić information content (AvgIpc) is 3.47. The third kappa shape index (κ3) is 4.47. The summed E-state index contributed by atoms with van der Waals surface area (Å²) in [6, 6.07) is 12.1. The summed E-state index contributed by atoms with van der Waals surface area (Å²) >= 11 is 0. The van der Waals surface area contributed by atoms with Gasteiger partial charge in [-0.25, -0.2) is 9.18 Å². The lowest BCUT2D eigenvalue weighted by atomic mass is 10.0. The van der Waals surface area contributed by atoms with E-state index < -0.39 is 5.82 Å². The van der Waals surface area contributed by atoms with Crippen molar-refractivity contribution in [1.82, 2.24) is 30.0 Å². The molecule has 1 saturated heterocycles. The Balaban J connectivity index is 1.11. The number of rotatable bonds is 6. The van der Waals surface area contributed by atoms with Crippen LogP contribution in [-0.2, 0) is 16.0 Å². The van der Waals surface area contributed by atoms with Gasteiger partial charge < -0.3 is 9.64 Å². The fourth-order valence-corrected chi connectivity index (χ4v) is 4.36. The minimum Gasteiger partial charge on any atom is -0.454 e. The van der Waals surface area contributed by atoms with Gasteiger partial charge in [0.05, 0.1) is 12.0 Å². The molecule has 0 unspecified atom stereocenters. The van der Waals surface area contributed by atoms with Gasteiger partial charge in [-0.2, -0.15) is 4.68 Å². The Labute approximate surface area is 189 Å². The number of carbonyl (C=O) groups excluding carboxylic acids is 2. The molecular formula is C23H23FN6O3. The summed E-state index contributed by atoms with van der Waals surface area (Å²) in [7, 11) is 0. The van der Waals surface area contributed by atoms with Crippen molar-refractivity contribution in [2.24, 2.45) is 0 Å². The number of piperazine rings is 1. The summed E-state index contributed by atoms with van der Waals surface area (Å²) in [6.07, 6.45) is 1.98. The maximum absolute atomic E-state index is 14.4. The molecule has 0 radical (unpaired) electrons. The van der Waals surface area contributed by atoms with Crippen LogP contribution < -0.4 is 0 Å². The van der Waals surface area contributed by atoms with Crippen LogP contribution in [0.3, 0.4) is 0 Å². The first kappa shape index (κ1) is 21.2. The number of nitrogens with zero attached hydrogens (tertiary/aromatic N) is 6. The van der Waals surface area contributed by atoms with Crippen LogP contribution in [0.2, 0.25) is 0 Å². The number of tetrazole rings is 1. The first-order chi connectivity index (χ1) is 16.1. The lowest BCUT2D eigenvalue weighted by Gasteiger charge is -2.35. The molecule has 0 saturated carbocycles. The highest BCUT2D eigenvalue weighted by Gasteiger charge is 2.31. The summed E-state index contributed by atoms with van der Waals surface area (Å²) in [5.41, 5.74) is 2.45. The summed E-state index contributed by atoms with van der Waals surface area (Å²) < 4.78 is 21.2. The highest BCUT2D eigenvalue weighted by atomic mass is 19.1. The number of esters is 1. The van der Waals surface area contributed by atoms with Crippen molar-refractivity contribution >= 4 is 11.9 Å². The molecule has 1 atom stereocenters. The van der Waals surface area contributed by atoms with Gasteiger partial charge in [0.1, 0.15) is 23.9 Å². The van der Waals surface area contributed by atoms with Crippen LogP contribution in [0.15, 0.2) is 48.8 Å². The maximum atomic E-state index is 14.4. The fraction of sp³-hybridized carbons (Fsp3) is 0.348. The molecule has 1 fully saturated rings. The van der Waals surface area contributed by atoms with E-state index in [0.29, 0.717) is 24.2 Å². The van der Waals surface area contributed by atoms with Crippen LogP contribution in [-0.4, -0.2) is 74.6 Å². The number of hydrogen-bond donors (Lipinski definition) is 0. The lowest BCUT2D eigenvalue weighted by molar-refractivity contribution is -0.132. The number of cyclic esters (lactones) is 1. The Morgan fingerprint density at radius 1 is 1.12 bits per heavy atom. The molecule has 3 heterocycles. The zero-order chi connectivity index (χ0) is 22.8. The largest absolute Gasteiger partial charge is 0.454 e. The van der Waals surface area contributed by atoms with Gasteiger partial charge >= 0.3 is 5.97 Å². The van der Waals surface area contributed by atoms with E-state index in [4.69, 9.17) is 4.74 Å². The Bertz CT molecular complexity index is 1160. The summed E-state index contributed by atoms with van der Waals surface area (Å²) in [5, 5.41) is 10.7. The Morgan fingerprint density at radius 2 is 1.94 bits per heavy atom. The van der Waals surface area contributed by atoms with E-state index in [1.54, 1.807) is 18.2 Å². The van der Waals surface area contributed by atoms with E-state index in [0.717, 1.165) is 31.6 Å². The molecular weight excluding hydrogens is 427 g/mol. The molecule has 2 aromatic carbocycles. The number of carbonyl (C=O) groups is 2. The van der Waals surface area contributed by atoms with E-state index in [-0.39, 0.29) is 30.1 Å². The molecule has 9 nitrogen and oxygen atoms in total. The number of amides is 1. The van der Waals surface area contributed by atoms with Crippen molar-refractivity contribution in [2.45, 2.75) is 18.9 Å². The molecule has 0 aliphatic carbocycles. The smallest absolute Gasteiger partial charge is 0.339 e. The Morgan fingerprint density at radius 3 is 2.70 bits per heavy atom. The van der Waals surface area contributed by atoms with E-state index in [1.165, 1.54) is 17.1 Å². The average molecular weight is 450 g/mol. The third-order valence-corrected chi connectivity index (χ3v) is 6.17. The molecule has 170 valence electrons. The van der Waals surface area contributed by atoms with Gasteiger partial charge in [-0.3, -0.25) is 9.69 Å². The summed E-state index contributed by atoms with van der Waals surface area (Å²) in [5.74, 6) is -0.761. The van der Waals surface area contributed by atoms with Crippen LogP contribution in [0.1, 0.15) is 34.0 Å². The number of benzene rings is 2. The molecule has 0 spiro atoms. The predicted molar refractivity (Wildman–Crippen MR) is 115 cm³/mol. The number of fused-ring (bicyclic) bond motifs is 1. The number of halogens is 1. The second-order valence-electron chi connectivity index (χ2n) is 8.21. The van der Waals surface area contributed by atoms with Crippen molar-refractivity contribution in [3.8, 4) is 5.69 Å². The van der Waals surface area contributed by atoms with Crippen molar-refractivity contribution in [3.05, 3.63) is 71.3 Å². The summed E-state index contributed by atoms with van der Waals surface area (Å²) in [4.78, 5) is 28.8. The molecule has 33 heavy (non-hydrogen) atoms. The zero-order valence-corrected chi connectivity index (χ0v) is 17.9. The maximum Gasteiger partial charge on any atom is 0.339 e. The standard InChI is InChI=1S/C23H23FN6O3/c24-19-13-16(5-6-20(19)30-15-25-26-27-30)14-22(31)29-11-9-28(10-12-29)8-7-21-17-3-1-2-4-18(17)23(32)33-21/h1-6,13,15,21H,7-12,14H2/t21-/m0/s1. The molecule has 3 aromatic rings. The molecule has 2 aliphatic heterocycles. The van der Waals surface area contributed by atoms with Gasteiger partial charge in [0.25, 0.3) is 0 Å². The van der Waals surface area contributed by atoms with Crippen LogP contribution >= 0.6 is 0 Å². The number of aromatic nitrogens is 4. The van der Waals surface area contributed by atoms with E-state index in [2.05, 4.69) is 20.4 Å². The van der Waals surface area contributed by atoms with Crippen LogP contribution in [0.25, 0.3) is 5.69 Å². The van der Waals surface area contributed by atoms with Crippen molar-refractivity contribution < 1.29 is 18.7 Å². The molecule has 1 amide bonds. The quantitative estimate of drug-likeness (QED) is 0.529. The lowest BCUT2D eigenvalue weighted by Crippen LogP contribution is -2.49. The zero-order valence-electron chi connectivity index (χ0n) is 17.9. The molecule has 0 bridgehead atoms. The minimum atomic E-state index is -0.480. The highest BCUT2D eigenvalue weighted by Crippen LogP contribution is 2.32. The van der Waals surface area contributed by atoms with Crippen LogP contribution in [0.4, 0.5) is 4.39 Å².